The topological polar surface area (TPSA) is 89.3 Å². The number of unbranched alkanes of at least 4 members (excludes halogenated alkanes) is 2. The fourth-order valence-electron chi connectivity index (χ4n) is 2.77. The second kappa shape index (κ2) is 7.31. The number of hydrogen-bond acceptors (Lipinski definition) is 5. The molecule has 2 atom stereocenters. The van der Waals surface area contributed by atoms with Crippen LogP contribution in [-0.2, 0) is 22.6 Å². The van der Waals surface area contributed by atoms with Gasteiger partial charge in [-0.15, -0.1) is 0 Å². The van der Waals surface area contributed by atoms with Crippen molar-refractivity contribution in [1.82, 2.24) is 9.13 Å². The average Bonchev–Trinajstić information content (AvgIpc) is 3.39. The summed E-state index contributed by atoms with van der Waals surface area (Å²) in [7, 11) is 0. The number of aromatic hydroxyl groups is 1. The fraction of sp³-hybridized carbons (Fsp3) is 0.750. The standard InChI is InChI=1S/C16H24N2O5/c19-14-9-15(20)18(8-4-2-6-13-11-23-13)16(21)17(14)7-3-1-5-12-10-22-12/h9,12-13,19H,1-8,10-11H2. The van der Waals surface area contributed by atoms with Crippen molar-refractivity contribution >= 4 is 0 Å². The van der Waals surface area contributed by atoms with Crippen molar-refractivity contribution in [3.05, 3.63) is 26.9 Å². The molecule has 7 nitrogen and oxygen atoms in total. The Kier molecular flexibility index (Phi) is 5.17. The van der Waals surface area contributed by atoms with Gasteiger partial charge in [0.2, 0.25) is 5.88 Å². The third-order valence-corrected chi connectivity index (χ3v) is 4.38. The normalized spacial score (nSPS) is 22.3. The molecule has 0 amide bonds. The predicted octanol–water partition coefficient (Wildman–Crippen LogP) is 0.854. The van der Waals surface area contributed by atoms with E-state index in [1.807, 2.05) is 0 Å². The smallest absolute Gasteiger partial charge is 0.333 e. The van der Waals surface area contributed by atoms with Gasteiger partial charge in [0.05, 0.1) is 31.5 Å². The minimum Gasteiger partial charge on any atom is -0.494 e. The molecule has 0 spiro atoms. The number of ether oxygens (including phenoxy) is 2. The molecule has 3 heterocycles. The molecule has 0 aromatic carbocycles. The molecule has 0 saturated carbocycles. The van der Waals surface area contributed by atoms with Gasteiger partial charge in [-0.2, -0.15) is 0 Å². The van der Waals surface area contributed by atoms with Crippen molar-refractivity contribution in [3.8, 4) is 5.88 Å². The van der Waals surface area contributed by atoms with E-state index in [-0.39, 0.29) is 5.88 Å². The first-order valence-corrected chi connectivity index (χ1v) is 8.42. The van der Waals surface area contributed by atoms with Gasteiger partial charge in [-0.1, -0.05) is 0 Å². The van der Waals surface area contributed by atoms with Crippen LogP contribution >= 0.6 is 0 Å². The summed E-state index contributed by atoms with van der Waals surface area (Å²) >= 11 is 0. The Bertz CT molecular complexity index is 643. The van der Waals surface area contributed by atoms with Gasteiger partial charge in [-0.25, -0.2) is 4.79 Å². The van der Waals surface area contributed by atoms with Crippen LogP contribution in [-0.4, -0.2) is 39.7 Å². The van der Waals surface area contributed by atoms with Crippen LogP contribution < -0.4 is 11.2 Å². The lowest BCUT2D eigenvalue weighted by Crippen LogP contribution is -2.39. The highest BCUT2D eigenvalue weighted by Gasteiger charge is 2.22. The Labute approximate surface area is 134 Å². The maximum absolute atomic E-state index is 12.4. The van der Waals surface area contributed by atoms with Gasteiger partial charge >= 0.3 is 5.69 Å². The average molecular weight is 324 g/mol. The van der Waals surface area contributed by atoms with E-state index < -0.39 is 11.2 Å². The van der Waals surface area contributed by atoms with Gasteiger partial charge in [0.1, 0.15) is 0 Å². The van der Waals surface area contributed by atoms with E-state index in [0.29, 0.717) is 25.3 Å². The van der Waals surface area contributed by atoms with Crippen molar-refractivity contribution in [3.63, 3.8) is 0 Å². The number of epoxide rings is 2. The first kappa shape index (κ1) is 16.3. The Morgan fingerprint density at radius 1 is 0.957 bits per heavy atom. The lowest BCUT2D eigenvalue weighted by atomic mass is 10.2. The third kappa shape index (κ3) is 4.68. The third-order valence-electron chi connectivity index (χ3n) is 4.38. The van der Waals surface area contributed by atoms with Gasteiger partial charge in [-0.05, 0) is 38.5 Å². The molecule has 23 heavy (non-hydrogen) atoms. The molecule has 2 aliphatic heterocycles. The molecule has 0 aliphatic carbocycles. The van der Waals surface area contributed by atoms with Crippen molar-refractivity contribution in [2.45, 2.75) is 63.8 Å². The Morgan fingerprint density at radius 2 is 1.48 bits per heavy atom. The molecule has 2 unspecified atom stereocenters. The quantitative estimate of drug-likeness (QED) is 0.509. The summed E-state index contributed by atoms with van der Waals surface area (Å²) in [6.45, 7) is 2.48. The lowest BCUT2D eigenvalue weighted by Gasteiger charge is -2.11. The van der Waals surface area contributed by atoms with Gasteiger partial charge in [0, 0.05) is 13.1 Å². The molecule has 2 fully saturated rings. The van der Waals surface area contributed by atoms with Crippen LogP contribution in [0.25, 0.3) is 0 Å². The number of aromatic nitrogens is 2. The summed E-state index contributed by atoms with van der Waals surface area (Å²) in [6, 6.07) is 1.13. The molecule has 7 heteroatoms. The van der Waals surface area contributed by atoms with Crippen LogP contribution in [0.1, 0.15) is 38.5 Å². The zero-order valence-corrected chi connectivity index (χ0v) is 13.3. The second-order valence-electron chi connectivity index (χ2n) is 6.33. The largest absolute Gasteiger partial charge is 0.494 e. The molecule has 1 aromatic rings. The van der Waals surface area contributed by atoms with Crippen LogP contribution in [0.15, 0.2) is 15.7 Å². The molecule has 2 aliphatic rings. The molecule has 2 saturated heterocycles. The summed E-state index contributed by atoms with van der Waals surface area (Å²) < 4.78 is 12.8. The molecule has 3 rings (SSSR count). The molecular formula is C16H24N2O5. The minimum absolute atomic E-state index is 0.245. The zero-order valence-electron chi connectivity index (χ0n) is 13.3. The van der Waals surface area contributed by atoms with E-state index in [4.69, 9.17) is 9.47 Å². The van der Waals surface area contributed by atoms with Crippen LogP contribution in [0.4, 0.5) is 0 Å². The maximum Gasteiger partial charge on any atom is 0.333 e. The molecule has 1 N–H and O–H groups in total. The zero-order chi connectivity index (χ0) is 16.2. The van der Waals surface area contributed by atoms with E-state index in [9.17, 15) is 14.7 Å². The van der Waals surface area contributed by atoms with E-state index >= 15 is 0 Å². The molecular weight excluding hydrogens is 300 g/mol. The first-order valence-electron chi connectivity index (χ1n) is 8.42. The summed E-state index contributed by atoms with van der Waals surface area (Å²) in [5.74, 6) is -0.245. The highest BCUT2D eigenvalue weighted by Crippen LogP contribution is 2.17. The number of rotatable bonds is 10. The summed E-state index contributed by atoms with van der Waals surface area (Å²) in [6.07, 6.45) is 6.13. The van der Waals surface area contributed by atoms with Gasteiger partial charge in [-0.3, -0.25) is 13.9 Å². The highest BCUT2D eigenvalue weighted by atomic mass is 16.6. The first-order chi connectivity index (χ1) is 11.1. The van der Waals surface area contributed by atoms with Crippen LogP contribution in [0.3, 0.4) is 0 Å². The molecule has 0 radical (unpaired) electrons. The van der Waals surface area contributed by atoms with Gasteiger partial charge < -0.3 is 14.6 Å². The van der Waals surface area contributed by atoms with E-state index in [1.165, 1.54) is 9.13 Å². The summed E-state index contributed by atoms with van der Waals surface area (Å²) in [5.41, 5.74) is -0.849. The Balaban J connectivity index is 1.57. The Morgan fingerprint density at radius 3 is 2.00 bits per heavy atom. The van der Waals surface area contributed by atoms with Crippen LogP contribution in [0.5, 0.6) is 5.88 Å². The van der Waals surface area contributed by atoms with E-state index in [1.54, 1.807) is 0 Å². The SMILES string of the molecule is O=c1cc(O)n(CCCCC2CO2)c(=O)n1CCCCC1CO1. The van der Waals surface area contributed by atoms with Crippen LogP contribution in [0, 0.1) is 0 Å². The summed E-state index contributed by atoms with van der Waals surface area (Å²) in [4.78, 5) is 24.3. The Hall–Kier alpha value is -1.60. The van der Waals surface area contributed by atoms with Crippen molar-refractivity contribution in [1.29, 1.82) is 0 Å². The maximum atomic E-state index is 12.4. The molecule has 128 valence electrons. The van der Waals surface area contributed by atoms with E-state index in [2.05, 4.69) is 0 Å². The number of nitrogens with zero attached hydrogens (tertiary/aromatic N) is 2. The van der Waals surface area contributed by atoms with Crippen molar-refractivity contribution < 1.29 is 14.6 Å². The van der Waals surface area contributed by atoms with Crippen molar-refractivity contribution in [2.75, 3.05) is 13.2 Å². The predicted molar refractivity (Wildman–Crippen MR) is 83.8 cm³/mol. The highest BCUT2D eigenvalue weighted by molar-refractivity contribution is 5.07. The van der Waals surface area contributed by atoms with Gasteiger partial charge in [0.15, 0.2) is 0 Å². The minimum atomic E-state index is -0.433. The monoisotopic (exact) mass is 324 g/mol. The van der Waals surface area contributed by atoms with Gasteiger partial charge in [0.25, 0.3) is 5.56 Å². The summed E-state index contributed by atoms with van der Waals surface area (Å²) in [5, 5.41) is 9.88. The van der Waals surface area contributed by atoms with Crippen LogP contribution in [0.2, 0.25) is 0 Å². The van der Waals surface area contributed by atoms with E-state index in [0.717, 1.165) is 57.8 Å². The molecule has 1 aromatic heterocycles. The van der Waals surface area contributed by atoms with Crippen molar-refractivity contribution in [2.24, 2.45) is 0 Å². The lowest BCUT2D eigenvalue weighted by molar-refractivity contribution is 0.364. The molecule has 0 bridgehead atoms. The fourth-order valence-corrected chi connectivity index (χ4v) is 2.77. The number of hydrogen-bond donors (Lipinski definition) is 1. The second-order valence-corrected chi connectivity index (χ2v) is 6.33.